The summed E-state index contributed by atoms with van der Waals surface area (Å²) in [6, 6.07) is 9.40. The minimum Gasteiger partial charge on any atom is -0.497 e. The van der Waals surface area contributed by atoms with Crippen LogP contribution in [-0.2, 0) is 6.54 Å². The zero-order valence-electron chi connectivity index (χ0n) is 10.8. The van der Waals surface area contributed by atoms with Crippen LogP contribution in [0.2, 0.25) is 0 Å². The molecule has 1 heterocycles. The molecule has 1 aromatic heterocycles. The van der Waals surface area contributed by atoms with E-state index in [1.165, 1.54) is 0 Å². The average molecular weight is 323 g/mol. The van der Waals surface area contributed by atoms with Crippen LogP contribution in [0.1, 0.15) is 5.56 Å². The zero-order valence-corrected chi connectivity index (χ0v) is 12.4. The third-order valence-corrected chi connectivity index (χ3v) is 3.15. The second kappa shape index (κ2) is 6.54. The fourth-order valence-corrected chi connectivity index (χ4v) is 2.06. The van der Waals surface area contributed by atoms with Gasteiger partial charge in [-0.2, -0.15) is 0 Å². The number of hydrogen-bond acceptors (Lipinski definition) is 4. The lowest BCUT2D eigenvalue weighted by Crippen LogP contribution is -2.05. The molecule has 19 heavy (non-hydrogen) atoms. The van der Waals surface area contributed by atoms with Gasteiger partial charge in [0.2, 0.25) is 5.88 Å². The van der Waals surface area contributed by atoms with Gasteiger partial charge in [0.1, 0.15) is 11.5 Å². The Labute approximate surface area is 120 Å². The molecule has 0 aliphatic carbocycles. The first-order chi connectivity index (χ1) is 9.22. The summed E-state index contributed by atoms with van der Waals surface area (Å²) in [6.45, 7) is 0.780. The molecule has 1 N–H and O–H groups in total. The monoisotopic (exact) mass is 322 g/mol. The number of rotatable bonds is 5. The number of hydrogen-bond donors (Lipinski definition) is 1. The van der Waals surface area contributed by atoms with Crippen LogP contribution in [-0.4, -0.2) is 19.1 Å². The quantitative estimate of drug-likeness (QED) is 0.916. The first kappa shape index (κ1) is 13.8. The second-order valence-corrected chi connectivity index (χ2v) is 4.79. The standard InChI is InChI=1S/C14H15BrN2O2/c1-16-9-10-5-6-17-14(7-10)19-13-4-3-11(18-2)8-12(13)15/h3-8,16H,9H2,1-2H3. The van der Waals surface area contributed by atoms with Gasteiger partial charge in [0.15, 0.2) is 0 Å². The van der Waals surface area contributed by atoms with E-state index in [1.807, 2.05) is 37.4 Å². The minimum absolute atomic E-state index is 0.568. The maximum absolute atomic E-state index is 5.75. The molecule has 100 valence electrons. The summed E-state index contributed by atoms with van der Waals surface area (Å²) in [5.74, 6) is 2.05. The number of ether oxygens (including phenoxy) is 2. The lowest BCUT2D eigenvalue weighted by Gasteiger charge is -2.09. The third-order valence-electron chi connectivity index (χ3n) is 2.53. The first-order valence-electron chi connectivity index (χ1n) is 5.84. The van der Waals surface area contributed by atoms with Crippen molar-refractivity contribution >= 4 is 15.9 Å². The van der Waals surface area contributed by atoms with E-state index >= 15 is 0 Å². The Balaban J connectivity index is 2.18. The molecule has 4 nitrogen and oxygen atoms in total. The predicted octanol–water partition coefficient (Wildman–Crippen LogP) is 3.36. The highest BCUT2D eigenvalue weighted by Gasteiger charge is 2.06. The van der Waals surface area contributed by atoms with Gasteiger partial charge in [-0.1, -0.05) is 0 Å². The largest absolute Gasteiger partial charge is 0.497 e. The molecule has 0 saturated carbocycles. The number of halogens is 1. The number of nitrogens with zero attached hydrogens (tertiary/aromatic N) is 1. The predicted molar refractivity (Wildman–Crippen MR) is 77.8 cm³/mol. The summed E-state index contributed by atoms with van der Waals surface area (Å²) in [4.78, 5) is 4.20. The minimum atomic E-state index is 0.568. The lowest BCUT2D eigenvalue weighted by molar-refractivity contribution is 0.411. The van der Waals surface area contributed by atoms with Gasteiger partial charge in [0, 0.05) is 18.8 Å². The highest BCUT2D eigenvalue weighted by atomic mass is 79.9. The molecule has 0 amide bonds. The van der Waals surface area contributed by atoms with Crippen molar-refractivity contribution in [3.05, 3.63) is 46.6 Å². The van der Waals surface area contributed by atoms with E-state index in [9.17, 15) is 0 Å². The van der Waals surface area contributed by atoms with E-state index < -0.39 is 0 Å². The van der Waals surface area contributed by atoms with E-state index in [0.29, 0.717) is 11.6 Å². The number of methoxy groups -OCH3 is 1. The van der Waals surface area contributed by atoms with E-state index in [1.54, 1.807) is 13.3 Å². The van der Waals surface area contributed by atoms with Crippen LogP contribution < -0.4 is 14.8 Å². The molecule has 5 heteroatoms. The molecule has 0 saturated heterocycles. The molecule has 0 unspecified atom stereocenters. The molecule has 0 bridgehead atoms. The fourth-order valence-electron chi connectivity index (χ4n) is 1.62. The van der Waals surface area contributed by atoms with E-state index in [-0.39, 0.29) is 0 Å². The van der Waals surface area contributed by atoms with Gasteiger partial charge < -0.3 is 14.8 Å². The highest BCUT2D eigenvalue weighted by Crippen LogP contribution is 2.32. The van der Waals surface area contributed by atoms with Gasteiger partial charge in [-0.3, -0.25) is 0 Å². The Morgan fingerprint density at radius 1 is 1.26 bits per heavy atom. The maximum atomic E-state index is 5.75. The van der Waals surface area contributed by atoms with Crippen molar-refractivity contribution in [3.8, 4) is 17.4 Å². The van der Waals surface area contributed by atoms with Gasteiger partial charge in [-0.05, 0) is 52.8 Å². The van der Waals surface area contributed by atoms with Crippen LogP contribution in [0.15, 0.2) is 41.0 Å². The number of nitrogens with one attached hydrogen (secondary N) is 1. The van der Waals surface area contributed by atoms with Crippen molar-refractivity contribution in [2.24, 2.45) is 0 Å². The zero-order chi connectivity index (χ0) is 13.7. The maximum Gasteiger partial charge on any atom is 0.219 e. The molecule has 1 aromatic carbocycles. The second-order valence-electron chi connectivity index (χ2n) is 3.93. The molecule has 0 spiro atoms. The highest BCUT2D eigenvalue weighted by molar-refractivity contribution is 9.10. The summed E-state index contributed by atoms with van der Waals surface area (Å²) < 4.78 is 11.7. The van der Waals surface area contributed by atoms with Crippen molar-refractivity contribution in [1.82, 2.24) is 10.3 Å². The summed E-state index contributed by atoms with van der Waals surface area (Å²) in [7, 11) is 3.53. The average Bonchev–Trinajstić information content (AvgIpc) is 2.42. The van der Waals surface area contributed by atoms with Crippen LogP contribution >= 0.6 is 15.9 Å². The number of aromatic nitrogens is 1. The molecule has 2 aromatic rings. The summed E-state index contributed by atoms with van der Waals surface area (Å²) in [5.41, 5.74) is 1.12. The van der Waals surface area contributed by atoms with E-state index in [2.05, 4.69) is 26.2 Å². The molecular formula is C14H15BrN2O2. The Hall–Kier alpha value is -1.59. The normalized spacial score (nSPS) is 10.3. The van der Waals surface area contributed by atoms with Crippen LogP contribution in [0, 0.1) is 0 Å². The molecular weight excluding hydrogens is 308 g/mol. The van der Waals surface area contributed by atoms with Crippen molar-refractivity contribution < 1.29 is 9.47 Å². The fraction of sp³-hybridized carbons (Fsp3) is 0.214. The third kappa shape index (κ3) is 3.68. The topological polar surface area (TPSA) is 43.4 Å². The molecule has 2 rings (SSSR count). The Kier molecular flexibility index (Phi) is 4.76. The van der Waals surface area contributed by atoms with Crippen LogP contribution in [0.3, 0.4) is 0 Å². The Morgan fingerprint density at radius 2 is 2.11 bits per heavy atom. The summed E-state index contributed by atoms with van der Waals surface area (Å²) in [5, 5.41) is 3.09. The smallest absolute Gasteiger partial charge is 0.219 e. The van der Waals surface area contributed by atoms with Crippen LogP contribution in [0.4, 0.5) is 0 Å². The molecule has 0 aliphatic rings. The molecule has 0 radical (unpaired) electrons. The Morgan fingerprint density at radius 3 is 2.79 bits per heavy atom. The number of pyridine rings is 1. The van der Waals surface area contributed by atoms with E-state index in [0.717, 1.165) is 22.3 Å². The van der Waals surface area contributed by atoms with Gasteiger partial charge in [-0.15, -0.1) is 0 Å². The molecule has 0 fully saturated rings. The van der Waals surface area contributed by atoms with Gasteiger partial charge >= 0.3 is 0 Å². The van der Waals surface area contributed by atoms with Gasteiger partial charge in [-0.25, -0.2) is 4.98 Å². The summed E-state index contributed by atoms with van der Waals surface area (Å²) in [6.07, 6.45) is 1.74. The Bertz CT molecular complexity index is 561. The van der Waals surface area contributed by atoms with Crippen LogP contribution in [0.5, 0.6) is 17.4 Å². The SMILES string of the molecule is CNCc1ccnc(Oc2ccc(OC)cc2Br)c1. The molecule has 0 atom stereocenters. The van der Waals surface area contributed by atoms with Crippen molar-refractivity contribution in [1.29, 1.82) is 0 Å². The summed E-state index contributed by atoms with van der Waals surface area (Å²) >= 11 is 3.45. The molecule has 0 aliphatic heterocycles. The first-order valence-corrected chi connectivity index (χ1v) is 6.63. The van der Waals surface area contributed by atoms with Gasteiger partial charge in [0.05, 0.1) is 11.6 Å². The van der Waals surface area contributed by atoms with Crippen LogP contribution in [0.25, 0.3) is 0 Å². The van der Waals surface area contributed by atoms with Crippen molar-refractivity contribution in [3.63, 3.8) is 0 Å². The lowest BCUT2D eigenvalue weighted by atomic mass is 10.2. The van der Waals surface area contributed by atoms with Crippen molar-refractivity contribution in [2.45, 2.75) is 6.54 Å². The number of benzene rings is 1. The van der Waals surface area contributed by atoms with Crippen molar-refractivity contribution in [2.75, 3.05) is 14.2 Å². The van der Waals surface area contributed by atoms with Gasteiger partial charge in [0.25, 0.3) is 0 Å². The van der Waals surface area contributed by atoms with E-state index in [4.69, 9.17) is 9.47 Å².